The molecule has 0 unspecified atom stereocenters. The molecule has 1 saturated heterocycles. The summed E-state index contributed by atoms with van der Waals surface area (Å²) in [6, 6.07) is 13.8. The molecule has 6 heteroatoms. The van der Waals surface area contributed by atoms with Gasteiger partial charge in [-0.3, -0.25) is 4.79 Å². The topological polar surface area (TPSA) is 77.8 Å². The average Bonchev–Trinajstić information content (AvgIpc) is 3.45. The standard InChI is InChI=1S/C28H33NO4S/c1-21(9-4-2-5-10-22-11-6-3-7-12-22)25(30)17-14-23-15-19-27(31)29(23)20-8-13-24-16-18-26(34-24)28(32)33/h3,6-7,11-12,14,16-18,21,23,25,30H,5,8-10,13,15,19-20H2,1H3,(H,32,33)/t21-,23+,25+/m1/s1. The molecule has 0 spiro atoms. The van der Waals surface area contributed by atoms with Gasteiger partial charge in [0.15, 0.2) is 0 Å². The van der Waals surface area contributed by atoms with Gasteiger partial charge in [0, 0.05) is 30.7 Å². The van der Waals surface area contributed by atoms with Crippen molar-refractivity contribution in [1.29, 1.82) is 0 Å². The Morgan fingerprint density at radius 1 is 1.21 bits per heavy atom. The Hall–Kier alpha value is -2.88. The van der Waals surface area contributed by atoms with Crippen molar-refractivity contribution in [2.45, 2.75) is 64.0 Å². The number of rotatable bonds is 11. The van der Waals surface area contributed by atoms with E-state index in [9.17, 15) is 14.7 Å². The third-order valence-corrected chi connectivity index (χ3v) is 7.25. The zero-order chi connectivity index (χ0) is 24.3. The van der Waals surface area contributed by atoms with Crippen molar-refractivity contribution < 1.29 is 19.8 Å². The molecule has 1 aliphatic heterocycles. The van der Waals surface area contributed by atoms with Crippen LogP contribution in [-0.4, -0.2) is 45.7 Å². The molecular formula is C28H33NO4S. The molecule has 34 heavy (non-hydrogen) atoms. The first kappa shape index (κ1) is 25.7. The van der Waals surface area contributed by atoms with E-state index in [1.807, 2.05) is 48.2 Å². The molecule has 2 heterocycles. The van der Waals surface area contributed by atoms with E-state index in [-0.39, 0.29) is 17.9 Å². The molecule has 0 aliphatic carbocycles. The zero-order valence-electron chi connectivity index (χ0n) is 19.7. The number of benzene rings is 1. The first-order valence-corrected chi connectivity index (χ1v) is 12.7. The molecule has 2 N–H and O–H groups in total. The van der Waals surface area contributed by atoms with Crippen molar-refractivity contribution in [2.24, 2.45) is 5.92 Å². The number of aliphatic hydroxyl groups excluding tert-OH is 1. The Balaban J connectivity index is 1.41. The van der Waals surface area contributed by atoms with Crippen molar-refractivity contribution >= 4 is 23.2 Å². The monoisotopic (exact) mass is 479 g/mol. The summed E-state index contributed by atoms with van der Waals surface area (Å²) in [5, 5.41) is 19.6. The fourth-order valence-electron chi connectivity index (χ4n) is 4.02. The molecule has 0 bridgehead atoms. The summed E-state index contributed by atoms with van der Waals surface area (Å²) in [6.07, 6.45) is 8.37. The lowest BCUT2D eigenvalue weighted by Crippen LogP contribution is -2.33. The highest BCUT2D eigenvalue weighted by Crippen LogP contribution is 2.23. The van der Waals surface area contributed by atoms with Crippen LogP contribution in [0.1, 0.15) is 59.1 Å². The van der Waals surface area contributed by atoms with Crippen LogP contribution < -0.4 is 0 Å². The maximum atomic E-state index is 12.3. The maximum Gasteiger partial charge on any atom is 0.345 e. The lowest BCUT2D eigenvalue weighted by molar-refractivity contribution is -0.128. The molecule has 0 radical (unpaired) electrons. The molecule has 0 saturated carbocycles. The van der Waals surface area contributed by atoms with Gasteiger partial charge in [0.2, 0.25) is 5.91 Å². The number of carbonyl (C=O) groups excluding carboxylic acids is 1. The minimum Gasteiger partial charge on any atom is -0.477 e. The summed E-state index contributed by atoms with van der Waals surface area (Å²) < 4.78 is 0. The number of likely N-dealkylation sites (tertiary alicyclic amines) is 1. The van der Waals surface area contributed by atoms with E-state index in [4.69, 9.17) is 5.11 Å². The molecule has 2 aromatic rings. The van der Waals surface area contributed by atoms with E-state index in [1.165, 1.54) is 16.9 Å². The molecule has 1 fully saturated rings. The molecule has 3 rings (SSSR count). The van der Waals surface area contributed by atoms with Crippen LogP contribution in [0.3, 0.4) is 0 Å². The van der Waals surface area contributed by atoms with E-state index < -0.39 is 12.1 Å². The van der Waals surface area contributed by atoms with Crippen LogP contribution in [0.15, 0.2) is 54.6 Å². The van der Waals surface area contributed by atoms with Gasteiger partial charge in [-0.05, 0) is 49.3 Å². The van der Waals surface area contributed by atoms with Gasteiger partial charge >= 0.3 is 5.97 Å². The summed E-state index contributed by atoms with van der Waals surface area (Å²) in [5.74, 6) is 5.65. The number of thiophene rings is 1. The van der Waals surface area contributed by atoms with Gasteiger partial charge in [-0.2, -0.15) is 0 Å². The molecular weight excluding hydrogens is 446 g/mol. The van der Waals surface area contributed by atoms with Gasteiger partial charge in [-0.25, -0.2) is 4.79 Å². The molecule has 3 atom stereocenters. The van der Waals surface area contributed by atoms with Crippen molar-refractivity contribution in [3.05, 3.63) is 69.9 Å². The van der Waals surface area contributed by atoms with Crippen LogP contribution in [0.2, 0.25) is 0 Å². The third kappa shape index (κ3) is 7.86. The summed E-state index contributed by atoms with van der Waals surface area (Å²) in [6.45, 7) is 2.62. The fourth-order valence-corrected chi connectivity index (χ4v) is 4.91. The van der Waals surface area contributed by atoms with Crippen LogP contribution in [-0.2, 0) is 17.6 Å². The van der Waals surface area contributed by atoms with Crippen LogP contribution in [0.4, 0.5) is 0 Å². The number of aromatic carboxylic acids is 1. The summed E-state index contributed by atoms with van der Waals surface area (Å²) in [7, 11) is 0. The first-order valence-electron chi connectivity index (χ1n) is 11.9. The highest BCUT2D eigenvalue weighted by Gasteiger charge is 2.28. The second-order valence-electron chi connectivity index (χ2n) is 8.76. The Kier molecular flexibility index (Phi) is 9.93. The minimum atomic E-state index is -0.901. The molecule has 1 aromatic heterocycles. The molecule has 5 nitrogen and oxygen atoms in total. The van der Waals surface area contributed by atoms with Gasteiger partial charge in [0.25, 0.3) is 0 Å². The van der Waals surface area contributed by atoms with E-state index in [0.29, 0.717) is 24.3 Å². The normalized spacial score (nSPS) is 17.5. The summed E-state index contributed by atoms with van der Waals surface area (Å²) in [5.41, 5.74) is 1.28. The van der Waals surface area contributed by atoms with Crippen LogP contribution in [0.25, 0.3) is 0 Å². The van der Waals surface area contributed by atoms with Gasteiger partial charge in [0.1, 0.15) is 4.88 Å². The van der Waals surface area contributed by atoms with E-state index in [0.717, 1.165) is 37.0 Å². The number of aliphatic hydroxyl groups is 1. The number of amides is 1. The van der Waals surface area contributed by atoms with Gasteiger partial charge in [-0.15, -0.1) is 23.2 Å². The lowest BCUT2D eigenvalue weighted by Gasteiger charge is -2.23. The van der Waals surface area contributed by atoms with E-state index in [2.05, 4.69) is 24.0 Å². The Morgan fingerprint density at radius 3 is 2.74 bits per heavy atom. The van der Waals surface area contributed by atoms with Gasteiger partial charge in [0.05, 0.1) is 12.1 Å². The SMILES string of the molecule is C[C@H](CC#CCCc1ccccc1)[C@@H](O)C=C[C@H]1CCC(=O)N1CCCc1ccc(C(=O)O)s1. The zero-order valence-corrected chi connectivity index (χ0v) is 20.5. The number of hydrogen-bond acceptors (Lipinski definition) is 4. The molecule has 1 aromatic carbocycles. The third-order valence-electron chi connectivity index (χ3n) is 6.11. The number of carbonyl (C=O) groups is 2. The van der Waals surface area contributed by atoms with Crippen LogP contribution >= 0.6 is 11.3 Å². The lowest BCUT2D eigenvalue weighted by atomic mass is 9.99. The number of carboxylic acid groups (broad SMARTS) is 1. The predicted molar refractivity (Wildman–Crippen MR) is 136 cm³/mol. The summed E-state index contributed by atoms with van der Waals surface area (Å²) in [4.78, 5) is 26.6. The highest BCUT2D eigenvalue weighted by atomic mass is 32.1. The van der Waals surface area contributed by atoms with Crippen molar-refractivity contribution in [1.82, 2.24) is 4.90 Å². The first-order chi connectivity index (χ1) is 16.4. The fraction of sp³-hybridized carbons (Fsp3) is 0.429. The van der Waals surface area contributed by atoms with Crippen molar-refractivity contribution in [2.75, 3.05) is 6.54 Å². The summed E-state index contributed by atoms with van der Waals surface area (Å²) >= 11 is 1.29. The second kappa shape index (κ2) is 13.1. The number of hydrogen-bond donors (Lipinski definition) is 2. The highest BCUT2D eigenvalue weighted by molar-refractivity contribution is 7.13. The smallest absolute Gasteiger partial charge is 0.345 e. The molecule has 180 valence electrons. The predicted octanol–water partition coefficient (Wildman–Crippen LogP) is 4.95. The molecule has 1 amide bonds. The Morgan fingerprint density at radius 2 is 2.00 bits per heavy atom. The van der Waals surface area contributed by atoms with Crippen molar-refractivity contribution in [3.63, 3.8) is 0 Å². The second-order valence-corrected chi connectivity index (χ2v) is 9.93. The Bertz CT molecular complexity index is 1030. The van der Waals surface area contributed by atoms with Crippen LogP contribution in [0, 0.1) is 17.8 Å². The van der Waals surface area contributed by atoms with Gasteiger partial charge in [-0.1, -0.05) is 49.4 Å². The van der Waals surface area contributed by atoms with Crippen molar-refractivity contribution in [3.8, 4) is 11.8 Å². The number of carboxylic acids is 1. The van der Waals surface area contributed by atoms with E-state index in [1.54, 1.807) is 6.07 Å². The minimum absolute atomic E-state index is 0.00391. The van der Waals surface area contributed by atoms with E-state index >= 15 is 0 Å². The average molecular weight is 480 g/mol. The van der Waals surface area contributed by atoms with Crippen LogP contribution in [0.5, 0.6) is 0 Å². The molecule has 1 aliphatic rings. The number of aryl methyl sites for hydroxylation is 2. The maximum absolute atomic E-state index is 12.3. The number of nitrogens with zero attached hydrogens (tertiary/aromatic N) is 1. The van der Waals surface area contributed by atoms with Gasteiger partial charge < -0.3 is 15.1 Å². The largest absolute Gasteiger partial charge is 0.477 e. The quantitative estimate of drug-likeness (QED) is 0.353. The Labute approximate surface area is 206 Å².